The van der Waals surface area contributed by atoms with Crippen molar-refractivity contribution in [1.29, 1.82) is 0 Å². The number of halogens is 1. The summed E-state index contributed by atoms with van der Waals surface area (Å²) in [6.45, 7) is 3.53. The van der Waals surface area contributed by atoms with Crippen LogP contribution in [0.3, 0.4) is 0 Å². The average molecular weight is 282 g/mol. The molecule has 16 heavy (non-hydrogen) atoms. The van der Waals surface area contributed by atoms with E-state index < -0.39 is 0 Å². The molecular weight excluding hydrogens is 270 g/mol. The molecule has 0 unspecified atom stereocenters. The van der Waals surface area contributed by atoms with Gasteiger partial charge in [-0.25, -0.2) is 0 Å². The third-order valence-corrected chi connectivity index (χ3v) is 2.57. The zero-order valence-electron chi connectivity index (χ0n) is 8.90. The highest BCUT2D eigenvalue weighted by Gasteiger charge is 2.07. The first-order chi connectivity index (χ1) is 7.79. The van der Waals surface area contributed by atoms with Crippen LogP contribution in [0.2, 0.25) is 0 Å². The largest absolute Gasteiger partial charge is 0.338 e. The lowest BCUT2D eigenvalue weighted by atomic mass is 10.2. The van der Waals surface area contributed by atoms with Gasteiger partial charge in [-0.3, -0.25) is 0 Å². The van der Waals surface area contributed by atoms with E-state index in [0.717, 1.165) is 16.6 Å². The molecule has 2 aromatic rings. The fraction of sp³-hybridized carbons (Fsp3) is 0.273. The van der Waals surface area contributed by atoms with Gasteiger partial charge < -0.3 is 9.84 Å². The molecule has 0 aliphatic carbocycles. The number of hydrogen-bond acceptors (Lipinski definition) is 4. The van der Waals surface area contributed by atoms with Crippen molar-refractivity contribution in [3.05, 3.63) is 34.6 Å². The molecule has 1 aromatic carbocycles. The number of nitrogens with one attached hydrogen (secondary N) is 1. The maximum atomic E-state index is 5.12. The van der Waals surface area contributed by atoms with Gasteiger partial charge in [0.25, 0.3) is 0 Å². The van der Waals surface area contributed by atoms with Crippen LogP contribution >= 0.6 is 15.9 Å². The first kappa shape index (κ1) is 11.3. The van der Waals surface area contributed by atoms with Gasteiger partial charge in [0.15, 0.2) is 0 Å². The summed E-state index contributed by atoms with van der Waals surface area (Å²) in [5.41, 5.74) is 0.945. The van der Waals surface area contributed by atoms with Gasteiger partial charge in [-0.2, -0.15) is 4.98 Å². The Hall–Kier alpha value is -1.20. The molecular formula is C11H12BrN3O. The number of rotatable bonds is 4. The van der Waals surface area contributed by atoms with Crippen LogP contribution in [0.4, 0.5) is 0 Å². The number of benzene rings is 1. The molecule has 0 bridgehead atoms. The van der Waals surface area contributed by atoms with Gasteiger partial charge in [-0.1, -0.05) is 40.1 Å². The monoisotopic (exact) mass is 281 g/mol. The summed E-state index contributed by atoms with van der Waals surface area (Å²) in [6, 6.07) is 7.82. The Morgan fingerprint density at radius 3 is 3.06 bits per heavy atom. The minimum atomic E-state index is 0.608. The Morgan fingerprint density at radius 2 is 2.31 bits per heavy atom. The molecule has 0 aliphatic rings. The minimum Gasteiger partial charge on any atom is -0.338 e. The van der Waals surface area contributed by atoms with Crippen LogP contribution in [0.25, 0.3) is 11.4 Å². The summed E-state index contributed by atoms with van der Waals surface area (Å²) >= 11 is 3.41. The summed E-state index contributed by atoms with van der Waals surface area (Å²) < 4.78 is 6.12. The van der Waals surface area contributed by atoms with Crippen molar-refractivity contribution < 1.29 is 4.52 Å². The van der Waals surface area contributed by atoms with Crippen LogP contribution in [0.15, 0.2) is 33.3 Å². The SMILES string of the molecule is CCNCc1nc(-c2cccc(Br)c2)no1. The van der Waals surface area contributed by atoms with Crippen molar-refractivity contribution in [2.75, 3.05) is 6.54 Å². The van der Waals surface area contributed by atoms with E-state index in [4.69, 9.17) is 4.52 Å². The molecule has 0 aliphatic heterocycles. The lowest BCUT2D eigenvalue weighted by molar-refractivity contribution is 0.369. The molecule has 84 valence electrons. The molecule has 0 amide bonds. The number of nitrogens with zero attached hydrogens (tertiary/aromatic N) is 2. The quantitative estimate of drug-likeness (QED) is 0.936. The summed E-state index contributed by atoms with van der Waals surface area (Å²) in [6.07, 6.45) is 0. The number of aromatic nitrogens is 2. The van der Waals surface area contributed by atoms with E-state index in [9.17, 15) is 0 Å². The second kappa shape index (κ2) is 5.23. The molecule has 0 saturated carbocycles. The predicted octanol–water partition coefficient (Wildman–Crippen LogP) is 2.61. The van der Waals surface area contributed by atoms with Crippen molar-refractivity contribution in [2.45, 2.75) is 13.5 Å². The fourth-order valence-corrected chi connectivity index (χ4v) is 1.70. The summed E-state index contributed by atoms with van der Waals surface area (Å²) in [5, 5.41) is 7.07. The van der Waals surface area contributed by atoms with Gasteiger partial charge in [-0.05, 0) is 18.7 Å². The van der Waals surface area contributed by atoms with Crippen molar-refractivity contribution >= 4 is 15.9 Å². The molecule has 1 aromatic heterocycles. The topological polar surface area (TPSA) is 51.0 Å². The Labute approximate surface area is 102 Å². The van der Waals surface area contributed by atoms with E-state index in [1.165, 1.54) is 0 Å². The molecule has 1 N–H and O–H groups in total. The van der Waals surface area contributed by atoms with Gasteiger partial charge in [0.05, 0.1) is 6.54 Å². The predicted molar refractivity (Wildman–Crippen MR) is 64.8 cm³/mol. The van der Waals surface area contributed by atoms with Gasteiger partial charge in [-0.15, -0.1) is 0 Å². The molecule has 0 fully saturated rings. The van der Waals surface area contributed by atoms with Crippen LogP contribution < -0.4 is 5.32 Å². The first-order valence-corrected chi connectivity index (χ1v) is 5.88. The maximum absolute atomic E-state index is 5.12. The van der Waals surface area contributed by atoms with Crippen LogP contribution in [0.1, 0.15) is 12.8 Å². The van der Waals surface area contributed by atoms with Crippen molar-refractivity contribution in [3.8, 4) is 11.4 Å². The van der Waals surface area contributed by atoms with Gasteiger partial charge in [0.2, 0.25) is 11.7 Å². The van der Waals surface area contributed by atoms with Gasteiger partial charge in [0, 0.05) is 10.0 Å². The minimum absolute atomic E-state index is 0.608. The fourth-order valence-electron chi connectivity index (χ4n) is 1.30. The molecule has 2 rings (SSSR count). The van der Waals surface area contributed by atoms with Gasteiger partial charge in [0.1, 0.15) is 0 Å². The third kappa shape index (κ3) is 2.68. The standard InChI is InChI=1S/C11H12BrN3O/c1-2-13-7-10-14-11(15-16-10)8-4-3-5-9(12)6-8/h3-6,13H,2,7H2,1H3. The van der Waals surface area contributed by atoms with Crippen LogP contribution in [0, 0.1) is 0 Å². The highest BCUT2D eigenvalue weighted by Crippen LogP contribution is 2.20. The average Bonchev–Trinajstić information content (AvgIpc) is 2.75. The van der Waals surface area contributed by atoms with Crippen LogP contribution in [-0.4, -0.2) is 16.7 Å². The van der Waals surface area contributed by atoms with Crippen molar-refractivity contribution in [2.24, 2.45) is 0 Å². The lowest BCUT2D eigenvalue weighted by Crippen LogP contribution is -2.11. The molecule has 0 spiro atoms. The smallest absolute Gasteiger partial charge is 0.240 e. The summed E-state index contributed by atoms with van der Waals surface area (Å²) in [4.78, 5) is 4.30. The first-order valence-electron chi connectivity index (χ1n) is 5.09. The van der Waals surface area contributed by atoms with E-state index in [1.807, 2.05) is 31.2 Å². The second-order valence-corrected chi connectivity index (χ2v) is 4.22. The van der Waals surface area contributed by atoms with E-state index in [1.54, 1.807) is 0 Å². The Balaban J connectivity index is 2.18. The zero-order chi connectivity index (χ0) is 11.4. The number of hydrogen-bond donors (Lipinski definition) is 1. The Morgan fingerprint density at radius 1 is 1.44 bits per heavy atom. The normalized spacial score (nSPS) is 10.6. The summed E-state index contributed by atoms with van der Waals surface area (Å²) in [5.74, 6) is 1.23. The highest BCUT2D eigenvalue weighted by molar-refractivity contribution is 9.10. The highest BCUT2D eigenvalue weighted by atomic mass is 79.9. The van der Waals surface area contributed by atoms with Crippen molar-refractivity contribution in [1.82, 2.24) is 15.5 Å². The van der Waals surface area contributed by atoms with E-state index in [0.29, 0.717) is 18.3 Å². The third-order valence-electron chi connectivity index (χ3n) is 2.08. The maximum Gasteiger partial charge on any atom is 0.240 e. The van der Waals surface area contributed by atoms with Gasteiger partial charge >= 0.3 is 0 Å². The second-order valence-electron chi connectivity index (χ2n) is 3.30. The molecule has 0 saturated heterocycles. The zero-order valence-corrected chi connectivity index (χ0v) is 10.5. The molecule has 5 heteroatoms. The van der Waals surface area contributed by atoms with Crippen LogP contribution in [-0.2, 0) is 6.54 Å². The Kier molecular flexibility index (Phi) is 3.69. The molecule has 0 atom stereocenters. The van der Waals surface area contributed by atoms with E-state index >= 15 is 0 Å². The summed E-state index contributed by atoms with van der Waals surface area (Å²) in [7, 11) is 0. The molecule has 0 radical (unpaired) electrons. The molecule has 4 nitrogen and oxygen atoms in total. The Bertz CT molecular complexity index is 470. The van der Waals surface area contributed by atoms with E-state index in [-0.39, 0.29) is 0 Å². The lowest BCUT2D eigenvalue weighted by Gasteiger charge is -1.94. The van der Waals surface area contributed by atoms with E-state index in [2.05, 4.69) is 31.4 Å². The van der Waals surface area contributed by atoms with Crippen molar-refractivity contribution in [3.63, 3.8) is 0 Å². The molecule has 1 heterocycles. The van der Waals surface area contributed by atoms with Crippen LogP contribution in [0.5, 0.6) is 0 Å².